The molecule has 0 spiro atoms. The molecule has 0 saturated carbocycles. The second-order valence-corrected chi connectivity index (χ2v) is 31.4. The molecule has 5 aliphatic rings. The molecule has 0 aliphatic carbocycles. The number of carbonyl (C=O) groups excluding carboxylic acids is 2. The molecular weight excluding hydrogens is 1100 g/mol. The van der Waals surface area contributed by atoms with Gasteiger partial charge >= 0.3 is 11.9 Å². The van der Waals surface area contributed by atoms with E-state index in [1.54, 1.807) is 37.4 Å². The van der Waals surface area contributed by atoms with E-state index in [1.807, 2.05) is 94.6 Å². The predicted octanol–water partition coefficient (Wildman–Crippen LogP) is 8.08. The number of allylic oxidation sites excluding steroid dienone is 2. The van der Waals surface area contributed by atoms with Crippen LogP contribution in [0.25, 0.3) is 0 Å². The van der Waals surface area contributed by atoms with E-state index in [0.29, 0.717) is 38.0 Å². The van der Waals surface area contributed by atoms with Gasteiger partial charge in [-0.2, -0.15) is 0 Å². The topological polar surface area (TPSA) is 222 Å². The Balaban J connectivity index is 1.08. The van der Waals surface area contributed by atoms with Gasteiger partial charge in [-0.05, 0) is 130 Å². The number of thioether (sulfide) groups is 1. The number of aliphatic hydroxyl groups is 2. The Morgan fingerprint density at radius 2 is 1.66 bits per heavy atom. The number of hydrogen-bond acceptors (Lipinski definition) is 20. The van der Waals surface area contributed by atoms with E-state index in [4.69, 9.17) is 51.8 Å². The van der Waals surface area contributed by atoms with Crippen LogP contribution in [-0.2, 0) is 73.7 Å². The third-order valence-corrected chi connectivity index (χ3v) is 22.9. The average Bonchev–Trinajstić information content (AvgIpc) is 3.89. The van der Waals surface area contributed by atoms with Gasteiger partial charge in [-0.25, -0.2) is 4.68 Å². The van der Waals surface area contributed by atoms with Crippen LogP contribution >= 0.6 is 11.8 Å². The van der Waals surface area contributed by atoms with Gasteiger partial charge in [-0.1, -0.05) is 75.4 Å². The third-order valence-electron chi connectivity index (χ3n) is 17.5. The van der Waals surface area contributed by atoms with Crippen molar-refractivity contribution in [3.63, 3.8) is 0 Å². The summed E-state index contributed by atoms with van der Waals surface area (Å²) in [6, 6.07) is 9.57. The molecular formula is C61H99N5O15SSi. The molecule has 4 saturated heterocycles. The van der Waals surface area contributed by atoms with Gasteiger partial charge in [0.25, 0.3) is 0 Å². The largest absolute Gasteiger partial charge is 0.462 e. The SMILES string of the molecule is CN[C@H]1CC[C@H](O[C@H]2/C=C/C=C/C[C@@H](C)OC(=O)C[C@H]3OC(O[Si](C)(C)C(C)(C)C)C[C@@H](C[C@H]2C)[C@H](O[C@@H]2O[C@H](C)[C@@H](O[C@H]4C[C@@](C)(O)[C@@H](OC(=O)CCCc5cn(CSc6ccccc6)nn5)[C@H](C)O4)[C@H](N(C)C)[C@H]2O)[C@H]3OC)O[C@@H]1C. The van der Waals surface area contributed by atoms with Crippen molar-refractivity contribution in [2.45, 2.75) is 265 Å². The molecule has 22 heteroatoms. The second kappa shape index (κ2) is 30.2. The van der Waals surface area contributed by atoms with Crippen molar-refractivity contribution in [1.82, 2.24) is 25.2 Å². The molecule has 2 bridgehead atoms. The van der Waals surface area contributed by atoms with Gasteiger partial charge in [0.1, 0.15) is 36.3 Å². The lowest BCUT2D eigenvalue weighted by Gasteiger charge is -2.50. The molecule has 7 rings (SSSR count). The minimum absolute atomic E-state index is 0.0322. The van der Waals surface area contributed by atoms with Crippen LogP contribution in [0, 0.1) is 11.8 Å². The van der Waals surface area contributed by atoms with Crippen molar-refractivity contribution in [3.8, 4) is 0 Å². The maximum absolute atomic E-state index is 14.0. The Labute approximate surface area is 498 Å². The minimum atomic E-state index is -2.50. The number of nitrogens with zero attached hydrogens (tertiary/aromatic N) is 4. The molecule has 1 aromatic carbocycles. The van der Waals surface area contributed by atoms with Gasteiger partial charge in [0.15, 0.2) is 33.3 Å². The Bertz CT molecular complexity index is 2390. The number of carbonyl (C=O) groups is 2. The molecule has 3 N–H and O–H groups in total. The van der Waals surface area contributed by atoms with E-state index in [-0.39, 0.29) is 54.4 Å². The van der Waals surface area contributed by atoms with Gasteiger partial charge in [0.2, 0.25) is 0 Å². The highest BCUT2D eigenvalue weighted by Crippen LogP contribution is 2.44. The smallest absolute Gasteiger partial charge is 0.308 e. The number of esters is 2. The van der Waals surface area contributed by atoms with Crippen molar-refractivity contribution in [2.75, 3.05) is 28.3 Å². The second-order valence-electron chi connectivity index (χ2n) is 25.6. The summed E-state index contributed by atoms with van der Waals surface area (Å²) in [5, 5.41) is 36.3. The average molecular weight is 1200 g/mol. The Morgan fingerprint density at radius 3 is 2.34 bits per heavy atom. The summed E-state index contributed by atoms with van der Waals surface area (Å²) in [5.41, 5.74) is -0.761. The molecule has 468 valence electrons. The van der Waals surface area contributed by atoms with Crippen LogP contribution in [0.15, 0.2) is 65.7 Å². The summed E-state index contributed by atoms with van der Waals surface area (Å²) >= 11 is 1.65. The Morgan fingerprint density at radius 1 is 0.928 bits per heavy atom. The number of fused-ring (bicyclic) bond motifs is 3. The molecule has 5 aliphatic heterocycles. The number of ether oxygens (including phenoxy) is 10. The van der Waals surface area contributed by atoms with E-state index in [1.165, 1.54) is 0 Å². The number of benzene rings is 1. The van der Waals surface area contributed by atoms with Crippen LogP contribution in [0.2, 0.25) is 18.1 Å². The van der Waals surface area contributed by atoms with Gasteiger partial charge in [-0.15, -0.1) is 16.9 Å². The van der Waals surface area contributed by atoms with E-state index in [2.05, 4.69) is 69.4 Å². The fraction of sp³-hybridized carbons (Fsp3) is 0.770. The molecule has 6 heterocycles. The highest BCUT2D eigenvalue weighted by molar-refractivity contribution is 7.98. The number of nitrogens with one attached hydrogen (secondary N) is 1. The highest BCUT2D eigenvalue weighted by Gasteiger charge is 2.54. The summed E-state index contributed by atoms with van der Waals surface area (Å²) in [6.45, 7) is 22.2. The van der Waals surface area contributed by atoms with Crippen LogP contribution in [0.1, 0.15) is 126 Å². The predicted molar refractivity (Wildman–Crippen MR) is 316 cm³/mol. The van der Waals surface area contributed by atoms with Crippen molar-refractivity contribution < 1.29 is 71.6 Å². The Hall–Kier alpha value is -3.17. The molecule has 20 nitrogen and oxygen atoms in total. The number of rotatable bonds is 19. The first-order valence-corrected chi connectivity index (χ1v) is 34.0. The zero-order valence-corrected chi connectivity index (χ0v) is 53.7. The van der Waals surface area contributed by atoms with Gasteiger partial charge in [0.05, 0.1) is 60.7 Å². The standard InChI is InChI=1S/C61H99N5O15SSi/c1-37-31-42-32-51(81-83(14,15)60(6,7)8)77-47(33-49(68)72-38(2)23-18-16-21-27-46(37)76-50-30-29-45(62-10)39(3)73-50)57(71-13)56(42)80-59-54(69)53(65(11)12)55(40(4)75-59)79-52-34-61(9,70)58(41(5)74-52)78-48(67)28-22-24-43-35-66(64-63-43)36-82-44-25-19-17-20-26-44/h16-21,25-27,35,37-42,45-47,50-59,62,69-70H,22-24,28-34,36H2,1-15H3/b18-16+,27-21+/t37-,38-,39-,40-,41+,42-,45+,46+,47-,50+,51?,52+,53-,54-,55-,56+,57+,58+,59+,61-/m1/s1. The number of methoxy groups -OCH3 is 1. The number of likely N-dealkylation sites (N-methyl/N-ethyl adjacent to an activating group) is 2. The molecule has 1 aromatic heterocycles. The zero-order valence-electron chi connectivity index (χ0n) is 51.9. The maximum Gasteiger partial charge on any atom is 0.308 e. The first-order chi connectivity index (χ1) is 39.2. The lowest BCUT2D eigenvalue weighted by Crippen LogP contribution is -2.65. The summed E-state index contributed by atoms with van der Waals surface area (Å²) < 4.78 is 74.7. The van der Waals surface area contributed by atoms with Crippen LogP contribution < -0.4 is 5.32 Å². The van der Waals surface area contributed by atoms with Crippen molar-refractivity contribution in [2.24, 2.45) is 11.8 Å². The lowest BCUT2D eigenvalue weighted by atomic mass is 9.82. The monoisotopic (exact) mass is 1200 g/mol. The normalized spacial score (nSPS) is 37.9. The first-order valence-electron chi connectivity index (χ1n) is 30.1. The van der Waals surface area contributed by atoms with Crippen LogP contribution in [0.4, 0.5) is 0 Å². The lowest BCUT2D eigenvalue weighted by molar-refractivity contribution is -0.343. The number of aliphatic hydroxyl groups excluding tert-OH is 1. The fourth-order valence-corrected chi connectivity index (χ4v) is 13.8. The van der Waals surface area contributed by atoms with E-state index < -0.39 is 112 Å². The van der Waals surface area contributed by atoms with E-state index in [0.717, 1.165) is 23.4 Å². The third kappa shape index (κ3) is 18.4. The molecule has 4 fully saturated rings. The molecule has 0 amide bonds. The van der Waals surface area contributed by atoms with Crippen LogP contribution in [0.3, 0.4) is 0 Å². The van der Waals surface area contributed by atoms with Crippen LogP contribution in [0.5, 0.6) is 0 Å². The summed E-state index contributed by atoms with van der Waals surface area (Å²) in [4.78, 5) is 30.3. The molecule has 1 unspecified atom stereocenters. The quantitative estimate of drug-likeness (QED) is 0.0687. The number of cyclic esters (lactones) is 1. The summed E-state index contributed by atoms with van der Waals surface area (Å²) in [5.74, 6) is -0.776. The number of aromatic nitrogens is 3. The Kier molecular flexibility index (Phi) is 24.5. The molecule has 83 heavy (non-hydrogen) atoms. The number of aryl methyl sites for hydroxylation is 1. The molecule has 0 radical (unpaired) electrons. The van der Waals surface area contributed by atoms with Gasteiger partial charge < -0.3 is 72.2 Å². The zero-order chi connectivity index (χ0) is 60.4. The van der Waals surface area contributed by atoms with Crippen molar-refractivity contribution >= 4 is 32.0 Å². The fourth-order valence-electron chi connectivity index (χ4n) is 11.9. The van der Waals surface area contributed by atoms with E-state index >= 15 is 0 Å². The summed E-state index contributed by atoms with van der Waals surface area (Å²) in [7, 11) is 4.74. The highest BCUT2D eigenvalue weighted by atomic mass is 32.2. The van der Waals surface area contributed by atoms with Crippen molar-refractivity contribution in [1.29, 1.82) is 0 Å². The molecule has 2 aromatic rings. The van der Waals surface area contributed by atoms with Gasteiger partial charge in [-0.3, -0.25) is 9.59 Å². The summed E-state index contributed by atoms with van der Waals surface area (Å²) in [6.07, 6.45) is 2.60. The van der Waals surface area contributed by atoms with Crippen LogP contribution in [-0.4, -0.2) is 189 Å². The minimum Gasteiger partial charge on any atom is -0.462 e. The number of hydrogen-bond donors (Lipinski definition) is 3. The maximum atomic E-state index is 14.0. The van der Waals surface area contributed by atoms with Crippen molar-refractivity contribution in [3.05, 3.63) is 66.5 Å². The van der Waals surface area contributed by atoms with Gasteiger partial charge in [0, 0.05) is 49.9 Å². The molecule has 20 atom stereocenters. The first kappa shape index (κ1) is 67.3. The van der Waals surface area contributed by atoms with E-state index in [9.17, 15) is 19.8 Å².